The average molecular weight is 415 g/mol. The molecule has 3 aromatic rings. The Morgan fingerprint density at radius 1 is 1.23 bits per heavy atom. The van der Waals surface area contributed by atoms with Crippen LogP contribution in [0.5, 0.6) is 5.75 Å². The first-order valence-electron chi connectivity index (χ1n) is 10.6. The fourth-order valence-electron chi connectivity index (χ4n) is 5.02. The van der Waals surface area contributed by atoms with E-state index in [1.54, 1.807) is 10.9 Å². The van der Waals surface area contributed by atoms with Crippen molar-refractivity contribution in [2.45, 2.75) is 38.3 Å². The van der Waals surface area contributed by atoms with Crippen LogP contribution < -0.4 is 10.5 Å². The van der Waals surface area contributed by atoms with Gasteiger partial charge in [0.1, 0.15) is 17.9 Å². The van der Waals surface area contributed by atoms with Gasteiger partial charge in [-0.3, -0.25) is 4.68 Å². The number of likely N-dealkylation sites (tertiary alicyclic amines) is 1. The number of aryl methyl sites for hydroxylation is 2. The first kappa shape index (κ1) is 19.6. The Morgan fingerprint density at radius 3 is 2.77 bits per heavy atom. The largest absolute Gasteiger partial charge is 0.482 e. The maximum Gasteiger partial charge on any atom is 0.166 e. The number of nitrogen functional groups attached to an aromatic ring is 1. The second-order valence-corrected chi connectivity index (χ2v) is 8.72. The van der Waals surface area contributed by atoms with Gasteiger partial charge < -0.3 is 15.4 Å². The fraction of sp³-hybridized carbons (Fsp3) is 0.375. The van der Waals surface area contributed by atoms with Gasteiger partial charge in [-0.05, 0) is 38.1 Å². The van der Waals surface area contributed by atoms with Crippen LogP contribution in [-0.2, 0) is 13.5 Å². The number of benzene rings is 1. The van der Waals surface area contributed by atoms with Gasteiger partial charge in [-0.25, -0.2) is 4.98 Å². The zero-order valence-electron chi connectivity index (χ0n) is 18.3. The molecule has 158 valence electrons. The molecule has 2 unspecified atom stereocenters. The predicted octanol–water partition coefficient (Wildman–Crippen LogP) is 3.34. The molecule has 0 aliphatic carbocycles. The summed E-state index contributed by atoms with van der Waals surface area (Å²) in [7, 11) is 3.96. The van der Waals surface area contributed by atoms with Crippen molar-refractivity contribution in [3.63, 3.8) is 0 Å². The first-order chi connectivity index (χ1) is 14.9. The summed E-state index contributed by atoms with van der Waals surface area (Å²) >= 11 is 0. The molecular weight excluding hydrogens is 388 g/mol. The molecule has 0 amide bonds. The Morgan fingerprint density at radius 2 is 2.03 bits per heavy atom. The molecule has 0 radical (unpaired) electrons. The second kappa shape index (κ2) is 7.10. The fourth-order valence-corrected chi connectivity index (χ4v) is 5.02. The van der Waals surface area contributed by atoms with Crippen LogP contribution in [0.1, 0.15) is 47.0 Å². The van der Waals surface area contributed by atoms with Gasteiger partial charge in [-0.1, -0.05) is 23.8 Å². The molecule has 1 aromatic carbocycles. The highest BCUT2D eigenvalue weighted by Crippen LogP contribution is 2.42. The number of anilines is 1. The molecule has 4 heterocycles. The van der Waals surface area contributed by atoms with E-state index in [1.807, 2.05) is 13.1 Å². The maximum atomic E-state index is 9.82. The highest BCUT2D eigenvalue weighted by molar-refractivity contribution is 5.74. The van der Waals surface area contributed by atoms with Crippen LogP contribution in [0.3, 0.4) is 0 Å². The normalized spacial score (nSPS) is 22.5. The van der Waals surface area contributed by atoms with E-state index in [4.69, 9.17) is 15.6 Å². The molecular formula is C24H26N6O. The predicted molar refractivity (Wildman–Crippen MR) is 119 cm³/mol. The third-order valence-corrected chi connectivity index (χ3v) is 6.70. The number of nitrogens with two attached hydrogens (primary N) is 1. The minimum atomic E-state index is -0.177. The van der Waals surface area contributed by atoms with Crippen LogP contribution in [-0.4, -0.2) is 39.3 Å². The SMILES string of the molecule is Cc1ccc2c(c1)[C@@H](C)Oc1cc(cnc1N)-c1c(nn(C)c1C#N)CC1C2CN1C. The molecule has 1 fully saturated rings. The minimum Gasteiger partial charge on any atom is -0.482 e. The van der Waals surface area contributed by atoms with Crippen molar-refractivity contribution >= 4 is 5.82 Å². The monoisotopic (exact) mass is 414 g/mol. The van der Waals surface area contributed by atoms with Crippen LogP contribution in [0.25, 0.3) is 11.1 Å². The van der Waals surface area contributed by atoms with Gasteiger partial charge in [0.25, 0.3) is 0 Å². The van der Waals surface area contributed by atoms with Gasteiger partial charge in [0, 0.05) is 49.3 Å². The Balaban J connectivity index is 1.75. The zero-order valence-corrected chi connectivity index (χ0v) is 18.3. The summed E-state index contributed by atoms with van der Waals surface area (Å²) in [5, 5.41) is 14.6. The zero-order chi connectivity index (χ0) is 21.9. The molecule has 2 aliphatic heterocycles. The van der Waals surface area contributed by atoms with E-state index in [0.717, 1.165) is 29.8 Å². The maximum absolute atomic E-state index is 9.82. The van der Waals surface area contributed by atoms with Gasteiger partial charge in [-0.15, -0.1) is 0 Å². The summed E-state index contributed by atoms with van der Waals surface area (Å²) in [6.07, 6.45) is 2.29. The van der Waals surface area contributed by atoms with Crippen molar-refractivity contribution in [3.8, 4) is 22.9 Å². The van der Waals surface area contributed by atoms with E-state index in [0.29, 0.717) is 29.2 Å². The number of nitriles is 1. The third kappa shape index (κ3) is 3.06. The molecule has 7 nitrogen and oxygen atoms in total. The van der Waals surface area contributed by atoms with E-state index < -0.39 is 0 Å². The molecule has 31 heavy (non-hydrogen) atoms. The van der Waals surface area contributed by atoms with Crippen molar-refractivity contribution in [1.82, 2.24) is 19.7 Å². The lowest BCUT2D eigenvalue weighted by molar-refractivity contribution is 0.0881. The van der Waals surface area contributed by atoms with Crippen LogP contribution in [0.4, 0.5) is 5.82 Å². The van der Waals surface area contributed by atoms with Crippen LogP contribution in [0.15, 0.2) is 30.5 Å². The second-order valence-electron chi connectivity index (χ2n) is 8.72. The summed E-state index contributed by atoms with van der Waals surface area (Å²) in [6.45, 7) is 5.15. The Kier molecular flexibility index (Phi) is 4.49. The number of ether oxygens (including phenoxy) is 1. The third-order valence-electron chi connectivity index (χ3n) is 6.70. The number of hydrogen-bond acceptors (Lipinski definition) is 6. The number of nitrogens with zero attached hydrogens (tertiary/aromatic N) is 5. The number of rotatable bonds is 0. The standard InChI is InChI=1S/C24H26N6O/c1-13-5-6-16-17(7-13)14(2)31-22-8-15(11-27-24(22)26)23-19(28-30(4)21(23)10-25)9-20-18(16)12-29(20)3/h5-8,11,14,18,20H,9,12H2,1-4H3,(H2,26,27)/t14-,18?,20?/m1/s1. The lowest BCUT2D eigenvalue weighted by Gasteiger charge is -2.47. The number of fused-ring (bicyclic) bond motifs is 7. The van der Waals surface area contributed by atoms with Crippen LogP contribution in [0.2, 0.25) is 0 Å². The summed E-state index contributed by atoms with van der Waals surface area (Å²) in [6, 6.07) is 11.1. The van der Waals surface area contributed by atoms with E-state index in [1.165, 1.54) is 16.7 Å². The Bertz CT molecular complexity index is 1220. The quantitative estimate of drug-likeness (QED) is 0.606. The molecule has 2 aromatic heterocycles. The van der Waals surface area contributed by atoms with Gasteiger partial charge in [0.05, 0.1) is 5.69 Å². The Labute approximate surface area is 182 Å². The van der Waals surface area contributed by atoms with Gasteiger partial charge >= 0.3 is 0 Å². The van der Waals surface area contributed by atoms with Crippen molar-refractivity contribution in [2.75, 3.05) is 19.3 Å². The number of aromatic nitrogens is 3. The summed E-state index contributed by atoms with van der Waals surface area (Å²) in [4.78, 5) is 6.74. The van der Waals surface area contributed by atoms with Gasteiger partial charge in [0.2, 0.25) is 0 Å². The lowest BCUT2D eigenvalue weighted by atomic mass is 9.77. The molecule has 5 rings (SSSR count). The lowest BCUT2D eigenvalue weighted by Crippen LogP contribution is -2.53. The van der Waals surface area contributed by atoms with Gasteiger partial charge in [-0.2, -0.15) is 10.4 Å². The summed E-state index contributed by atoms with van der Waals surface area (Å²) in [5.74, 6) is 1.24. The molecule has 3 atom stereocenters. The van der Waals surface area contributed by atoms with E-state index >= 15 is 0 Å². The molecule has 2 bridgehead atoms. The summed E-state index contributed by atoms with van der Waals surface area (Å²) in [5.41, 5.74) is 12.9. The van der Waals surface area contributed by atoms with E-state index in [2.05, 4.69) is 55.0 Å². The number of hydrogen-bond donors (Lipinski definition) is 1. The molecule has 1 saturated heterocycles. The van der Waals surface area contributed by atoms with Crippen LogP contribution >= 0.6 is 0 Å². The van der Waals surface area contributed by atoms with Crippen molar-refractivity contribution < 1.29 is 4.74 Å². The van der Waals surface area contributed by atoms with Crippen LogP contribution in [0, 0.1) is 18.3 Å². The minimum absolute atomic E-state index is 0.177. The molecule has 0 saturated carbocycles. The molecule has 2 aliphatic rings. The molecule has 0 spiro atoms. The highest BCUT2D eigenvalue weighted by atomic mass is 16.5. The number of likely N-dealkylation sites (N-methyl/N-ethyl adjacent to an activating group) is 1. The topological polar surface area (TPSA) is 93.0 Å². The summed E-state index contributed by atoms with van der Waals surface area (Å²) < 4.78 is 8.02. The van der Waals surface area contributed by atoms with E-state index in [-0.39, 0.29) is 6.10 Å². The van der Waals surface area contributed by atoms with Gasteiger partial charge in [0.15, 0.2) is 11.6 Å². The number of pyridine rings is 1. The molecule has 7 heteroatoms. The smallest absolute Gasteiger partial charge is 0.166 e. The van der Waals surface area contributed by atoms with Crippen molar-refractivity contribution in [2.24, 2.45) is 7.05 Å². The average Bonchev–Trinajstić information content (AvgIpc) is 3.06. The first-order valence-corrected chi connectivity index (χ1v) is 10.6. The molecule has 2 N–H and O–H groups in total. The van der Waals surface area contributed by atoms with E-state index in [9.17, 15) is 5.26 Å². The van der Waals surface area contributed by atoms with Crippen molar-refractivity contribution in [1.29, 1.82) is 5.26 Å². The highest BCUT2D eigenvalue weighted by Gasteiger charge is 2.40. The van der Waals surface area contributed by atoms with Crippen molar-refractivity contribution in [3.05, 3.63) is 58.5 Å². The Hall–Kier alpha value is -3.37.